The Morgan fingerprint density at radius 3 is 0.661 bits per heavy atom. The highest BCUT2D eigenvalue weighted by Gasteiger charge is 2.23. The van der Waals surface area contributed by atoms with Gasteiger partial charge in [0, 0.05) is 57.5 Å². The second-order valence-electron chi connectivity index (χ2n) is 32.9. The van der Waals surface area contributed by atoms with Crippen LogP contribution in [0.15, 0.2) is 437 Å². The van der Waals surface area contributed by atoms with E-state index in [1.807, 2.05) is 30.9 Å². The van der Waals surface area contributed by atoms with Gasteiger partial charge in [0.25, 0.3) is 0 Å². The predicted octanol–water partition coefficient (Wildman–Crippen LogP) is 32.7. The largest absolute Gasteiger partial charge is 0.265 e. The van der Waals surface area contributed by atoms with Crippen LogP contribution < -0.4 is 0 Å². The molecule has 0 saturated heterocycles. The number of aromatic nitrogens is 4. The van der Waals surface area contributed by atoms with Crippen LogP contribution in [0.1, 0.15) is 0 Å². The fraction of sp³-hybridized carbons (Fsp3) is 0. The van der Waals surface area contributed by atoms with Gasteiger partial charge in [-0.1, -0.05) is 346 Å². The van der Waals surface area contributed by atoms with Crippen LogP contribution in [0.4, 0.5) is 0 Å². The maximum Gasteiger partial charge on any atom is 0.0794 e. The van der Waals surface area contributed by atoms with Crippen LogP contribution in [0, 0.1) is 0 Å². The van der Waals surface area contributed by atoms with Gasteiger partial charge >= 0.3 is 0 Å². The molecule has 0 radical (unpaired) electrons. The lowest BCUT2D eigenvalue weighted by molar-refractivity contribution is 1.33. The summed E-state index contributed by atoms with van der Waals surface area (Å²) in [4.78, 5) is 19.9. The van der Waals surface area contributed by atoms with E-state index >= 15 is 0 Å². The SMILES string of the molecule is c1ccc2c(c1)c(-c1ccc3c4ccccc4c4ccccc4c3c1)cc1c(-c3ccc(-c4ccncc4)cc3)cc(-c3ccc4c5ccccc5c5ccccc5c4c3)nc12.c1cncc(-c2ccc(-c3cc(-c4ccc5c6ccccc6c6ccccc6c5c4)nc4c3cc(-c3ccc5c6ccccc6c6ccccc6c5c3)c3ccccc34)cc2)c1. The zero-order valence-corrected chi connectivity index (χ0v) is 67.4. The predicted molar refractivity (Wildman–Crippen MR) is 528 cm³/mol. The Bertz CT molecular complexity index is 8310. The van der Waals surface area contributed by atoms with Gasteiger partial charge in [-0.05, 0) is 274 Å². The third-order valence-corrected chi connectivity index (χ3v) is 26.2. The lowest BCUT2D eigenvalue weighted by atomic mass is 9.88. The Balaban J connectivity index is 0.000000136. The summed E-state index contributed by atoms with van der Waals surface area (Å²) in [6, 6.07) is 151. The number of nitrogens with zero attached hydrogens (tertiary/aromatic N) is 4. The average Bonchev–Trinajstić information content (AvgIpc) is 0.729. The van der Waals surface area contributed by atoms with E-state index in [9.17, 15) is 0 Å². The molecule has 4 heterocycles. The fourth-order valence-corrected chi connectivity index (χ4v) is 20.4. The summed E-state index contributed by atoms with van der Waals surface area (Å²) in [6.07, 6.45) is 7.45. The second-order valence-corrected chi connectivity index (χ2v) is 32.9. The Hall–Kier alpha value is -16.4. The number of fused-ring (bicyclic) bond motifs is 30. The van der Waals surface area contributed by atoms with Crippen LogP contribution in [-0.4, -0.2) is 19.9 Å². The highest BCUT2D eigenvalue weighted by Crippen LogP contribution is 2.49. The summed E-state index contributed by atoms with van der Waals surface area (Å²) in [6.45, 7) is 0. The van der Waals surface area contributed by atoms with Crippen molar-refractivity contribution in [2.75, 3.05) is 0 Å². The standard InChI is InChI=1S/2C60H36N2/c1-3-17-46-42(13-1)44-15-5-7-19-48(44)56-32-39(27-29-51(46)56)54-34-58-55(38-25-23-37(24-26-38)41-12-11-31-61-36-41)35-59(62-60(58)53-22-10-9-21-50(53)54)40-28-30-52-47-18-4-2-14-43(47)45-16-6-8-20-49(45)57(52)33-40;1-3-15-46-42(11-1)44-13-5-7-17-48(44)56-33-40(25-27-51(46)56)54-35-58-55(39-23-21-37(22-24-39)38-29-31-61-32-30-38)36-59(62-60(58)53-20-10-9-19-50(53)54)41-26-28-52-47-16-4-2-12-43(47)45-14-6-8-18-49(45)57(52)34-41/h2*1-36H. The molecule has 0 aliphatic heterocycles. The Morgan fingerprint density at radius 1 is 0.121 bits per heavy atom. The molecule has 26 rings (SSSR count). The first-order chi connectivity index (χ1) is 61.5. The summed E-state index contributed by atoms with van der Waals surface area (Å²) >= 11 is 0. The highest BCUT2D eigenvalue weighted by molar-refractivity contribution is 6.31. The van der Waals surface area contributed by atoms with Crippen molar-refractivity contribution in [3.63, 3.8) is 0 Å². The minimum Gasteiger partial charge on any atom is -0.265 e. The zero-order chi connectivity index (χ0) is 81.5. The molecule has 0 atom stereocenters. The van der Waals surface area contributed by atoms with E-state index in [-0.39, 0.29) is 0 Å². The van der Waals surface area contributed by atoms with Crippen molar-refractivity contribution in [3.8, 4) is 89.3 Å². The number of hydrogen-bond acceptors (Lipinski definition) is 4. The van der Waals surface area contributed by atoms with Gasteiger partial charge in [-0.3, -0.25) is 9.97 Å². The summed E-state index contributed by atoms with van der Waals surface area (Å²) in [5, 5.41) is 37.3. The van der Waals surface area contributed by atoms with E-state index in [1.54, 1.807) is 0 Å². The maximum absolute atomic E-state index is 5.63. The number of pyridine rings is 4. The molecule has 124 heavy (non-hydrogen) atoms. The molecule has 4 nitrogen and oxygen atoms in total. The number of benzene rings is 22. The third kappa shape index (κ3) is 11.5. The van der Waals surface area contributed by atoms with Crippen molar-refractivity contribution in [1.29, 1.82) is 0 Å². The Labute approximate surface area is 714 Å². The lowest BCUT2D eigenvalue weighted by Gasteiger charge is -2.17. The molecule has 0 saturated carbocycles. The van der Waals surface area contributed by atoms with Crippen LogP contribution in [0.3, 0.4) is 0 Å². The van der Waals surface area contributed by atoms with Gasteiger partial charge in [0.15, 0.2) is 0 Å². The molecule has 0 bridgehead atoms. The van der Waals surface area contributed by atoms with Gasteiger partial charge in [-0.15, -0.1) is 0 Å². The maximum atomic E-state index is 5.63. The van der Waals surface area contributed by atoms with Crippen molar-refractivity contribution < 1.29 is 0 Å². The molecular formula is C120H72N4. The highest BCUT2D eigenvalue weighted by atomic mass is 14.7. The second kappa shape index (κ2) is 28.7. The molecule has 0 aliphatic carbocycles. The lowest BCUT2D eigenvalue weighted by Crippen LogP contribution is -1.94. The Kier molecular flexibility index (Phi) is 16.3. The summed E-state index contributed by atoms with van der Waals surface area (Å²) in [5.74, 6) is 0. The van der Waals surface area contributed by atoms with Gasteiger partial charge in [0.05, 0.1) is 22.4 Å². The monoisotopic (exact) mass is 1570 g/mol. The van der Waals surface area contributed by atoms with Gasteiger partial charge < -0.3 is 0 Å². The molecule has 0 N–H and O–H groups in total. The molecule has 26 aromatic rings. The zero-order valence-electron chi connectivity index (χ0n) is 67.4. The van der Waals surface area contributed by atoms with E-state index in [1.165, 1.54) is 162 Å². The summed E-state index contributed by atoms with van der Waals surface area (Å²) in [5.41, 5.74) is 20.0. The summed E-state index contributed by atoms with van der Waals surface area (Å²) in [7, 11) is 0. The van der Waals surface area contributed by atoms with Crippen LogP contribution in [0.25, 0.3) is 262 Å². The first kappa shape index (κ1) is 70.6. The molecule has 0 unspecified atom stereocenters. The van der Waals surface area contributed by atoms with E-state index in [2.05, 4.69) is 416 Å². The van der Waals surface area contributed by atoms with Crippen molar-refractivity contribution in [3.05, 3.63) is 437 Å². The minimum absolute atomic E-state index is 0.949. The number of rotatable bonds is 8. The summed E-state index contributed by atoms with van der Waals surface area (Å²) < 4.78 is 0. The Morgan fingerprint density at radius 2 is 0.355 bits per heavy atom. The normalized spacial score (nSPS) is 11.9. The van der Waals surface area contributed by atoms with E-state index in [0.717, 1.165) is 99.6 Å². The molecule has 22 aromatic carbocycles. The van der Waals surface area contributed by atoms with E-state index < -0.39 is 0 Å². The van der Waals surface area contributed by atoms with Crippen LogP contribution in [0.2, 0.25) is 0 Å². The van der Waals surface area contributed by atoms with Crippen molar-refractivity contribution >= 4 is 173 Å². The van der Waals surface area contributed by atoms with Crippen LogP contribution >= 0.6 is 0 Å². The molecule has 0 amide bonds. The molecule has 0 spiro atoms. The average molecular weight is 1570 g/mol. The van der Waals surface area contributed by atoms with Crippen molar-refractivity contribution in [2.45, 2.75) is 0 Å². The third-order valence-electron chi connectivity index (χ3n) is 26.2. The molecular weight excluding hydrogens is 1500 g/mol. The van der Waals surface area contributed by atoms with Crippen molar-refractivity contribution in [2.24, 2.45) is 0 Å². The van der Waals surface area contributed by atoms with Crippen LogP contribution in [-0.2, 0) is 0 Å². The van der Waals surface area contributed by atoms with Gasteiger partial charge in [-0.2, -0.15) is 0 Å². The minimum atomic E-state index is 0.949. The smallest absolute Gasteiger partial charge is 0.0794 e. The first-order valence-corrected chi connectivity index (χ1v) is 42.6. The fourth-order valence-electron chi connectivity index (χ4n) is 20.4. The molecule has 0 fully saturated rings. The molecule has 0 aliphatic rings. The van der Waals surface area contributed by atoms with Gasteiger partial charge in [0.2, 0.25) is 0 Å². The quantitative estimate of drug-likeness (QED) is 0.142. The van der Waals surface area contributed by atoms with Gasteiger partial charge in [0.1, 0.15) is 0 Å². The molecule has 572 valence electrons. The topological polar surface area (TPSA) is 51.6 Å². The first-order valence-electron chi connectivity index (χ1n) is 42.6. The van der Waals surface area contributed by atoms with E-state index in [0.29, 0.717) is 0 Å². The van der Waals surface area contributed by atoms with Crippen molar-refractivity contribution in [1.82, 2.24) is 19.9 Å². The van der Waals surface area contributed by atoms with Gasteiger partial charge in [-0.25, -0.2) is 9.97 Å². The molecule has 4 aromatic heterocycles. The molecule has 4 heteroatoms. The van der Waals surface area contributed by atoms with E-state index in [4.69, 9.17) is 9.97 Å². The van der Waals surface area contributed by atoms with Crippen LogP contribution in [0.5, 0.6) is 0 Å². The number of hydrogen-bond donors (Lipinski definition) is 0.